The Labute approximate surface area is 79.8 Å². The van der Waals surface area contributed by atoms with Crippen molar-refractivity contribution < 1.29 is 9.53 Å². The van der Waals surface area contributed by atoms with Gasteiger partial charge >= 0.3 is 0 Å². The lowest BCUT2D eigenvalue weighted by atomic mass is 10.0. The van der Waals surface area contributed by atoms with Crippen molar-refractivity contribution in [3.63, 3.8) is 0 Å². The molecule has 1 heterocycles. The number of ether oxygens (including phenoxy) is 1. The van der Waals surface area contributed by atoms with Crippen molar-refractivity contribution >= 4 is 5.78 Å². The third kappa shape index (κ3) is 5.01. The molecule has 1 unspecified atom stereocenters. The van der Waals surface area contributed by atoms with Crippen LogP contribution in [0.4, 0.5) is 0 Å². The number of ketones is 1. The Morgan fingerprint density at radius 3 is 3.00 bits per heavy atom. The van der Waals surface area contributed by atoms with Crippen LogP contribution < -0.4 is 5.32 Å². The van der Waals surface area contributed by atoms with Crippen LogP contribution in [0.3, 0.4) is 0 Å². The van der Waals surface area contributed by atoms with Crippen molar-refractivity contribution in [2.75, 3.05) is 19.8 Å². The first-order chi connectivity index (χ1) is 6.29. The predicted molar refractivity (Wildman–Crippen MR) is 51.8 cm³/mol. The molecule has 0 spiro atoms. The average Bonchev–Trinajstić information content (AvgIpc) is 2.14. The van der Waals surface area contributed by atoms with Crippen LogP contribution in [0.25, 0.3) is 0 Å². The number of nitrogens with one attached hydrogen (secondary N) is 1. The maximum Gasteiger partial charge on any atom is 0.155 e. The molecule has 13 heavy (non-hydrogen) atoms. The zero-order valence-corrected chi connectivity index (χ0v) is 8.34. The number of Topliss-reactive ketones (excluding diaryl/α,β-unsaturated/α-hetero) is 1. The fraction of sp³-hybridized carbons (Fsp3) is 0.900. The summed E-state index contributed by atoms with van der Waals surface area (Å²) in [7, 11) is 0. The molecule has 1 aliphatic rings. The molecule has 1 N–H and O–H groups in total. The molecule has 3 heteroatoms. The van der Waals surface area contributed by atoms with Crippen LogP contribution in [-0.2, 0) is 9.53 Å². The fourth-order valence-corrected chi connectivity index (χ4v) is 1.61. The molecule has 0 aliphatic carbocycles. The van der Waals surface area contributed by atoms with E-state index in [2.05, 4.69) is 5.32 Å². The van der Waals surface area contributed by atoms with Gasteiger partial charge < -0.3 is 10.1 Å². The molecule has 1 fully saturated rings. The fourth-order valence-electron chi connectivity index (χ4n) is 1.61. The molecule has 1 rings (SSSR count). The van der Waals surface area contributed by atoms with E-state index in [1.54, 1.807) is 6.92 Å². The van der Waals surface area contributed by atoms with Crippen molar-refractivity contribution in [2.24, 2.45) is 0 Å². The monoisotopic (exact) mass is 185 g/mol. The number of hydrogen-bond acceptors (Lipinski definition) is 3. The van der Waals surface area contributed by atoms with Crippen LogP contribution in [0, 0.1) is 0 Å². The van der Waals surface area contributed by atoms with E-state index in [0.717, 1.165) is 13.0 Å². The number of hydrogen-bond donors (Lipinski definition) is 1. The average molecular weight is 185 g/mol. The van der Waals surface area contributed by atoms with Crippen molar-refractivity contribution in [2.45, 2.75) is 38.6 Å². The van der Waals surface area contributed by atoms with E-state index in [0.29, 0.717) is 12.6 Å². The molecule has 1 saturated heterocycles. The SMILES string of the molecule is CC(=O)COCCC1CCCCN1. The molecule has 0 aromatic heterocycles. The molecule has 76 valence electrons. The summed E-state index contributed by atoms with van der Waals surface area (Å²) in [5, 5.41) is 3.44. The summed E-state index contributed by atoms with van der Waals surface area (Å²) in [5.74, 6) is 0.108. The topological polar surface area (TPSA) is 38.3 Å². The lowest BCUT2D eigenvalue weighted by Crippen LogP contribution is -2.34. The van der Waals surface area contributed by atoms with E-state index in [1.807, 2.05) is 0 Å². The summed E-state index contributed by atoms with van der Waals surface area (Å²) in [4.78, 5) is 10.6. The predicted octanol–water partition coefficient (Wildman–Crippen LogP) is 1.12. The van der Waals surface area contributed by atoms with Gasteiger partial charge in [0.2, 0.25) is 0 Å². The first-order valence-electron chi connectivity index (χ1n) is 5.09. The zero-order valence-electron chi connectivity index (χ0n) is 8.34. The minimum absolute atomic E-state index is 0.108. The zero-order chi connectivity index (χ0) is 9.52. The van der Waals surface area contributed by atoms with Gasteiger partial charge in [-0.1, -0.05) is 6.42 Å². The molecule has 0 radical (unpaired) electrons. The van der Waals surface area contributed by atoms with Crippen LogP contribution in [0.1, 0.15) is 32.6 Å². The van der Waals surface area contributed by atoms with Gasteiger partial charge in [-0.2, -0.15) is 0 Å². The van der Waals surface area contributed by atoms with E-state index in [9.17, 15) is 4.79 Å². The summed E-state index contributed by atoms with van der Waals surface area (Å²) < 4.78 is 5.21. The maximum atomic E-state index is 10.6. The van der Waals surface area contributed by atoms with Crippen molar-refractivity contribution in [3.8, 4) is 0 Å². The van der Waals surface area contributed by atoms with E-state index >= 15 is 0 Å². The van der Waals surface area contributed by atoms with Crippen LogP contribution in [0.5, 0.6) is 0 Å². The molecule has 3 nitrogen and oxygen atoms in total. The second kappa shape index (κ2) is 6.11. The Morgan fingerprint density at radius 2 is 2.38 bits per heavy atom. The third-order valence-electron chi connectivity index (χ3n) is 2.33. The molecule has 1 atom stereocenters. The first-order valence-corrected chi connectivity index (χ1v) is 5.09. The Bertz CT molecular complexity index is 153. The summed E-state index contributed by atoms with van der Waals surface area (Å²) in [6.45, 7) is 3.67. The van der Waals surface area contributed by atoms with Crippen LogP contribution >= 0.6 is 0 Å². The quantitative estimate of drug-likeness (QED) is 0.652. The highest BCUT2D eigenvalue weighted by molar-refractivity contribution is 5.76. The van der Waals surface area contributed by atoms with Gasteiger partial charge in [-0.05, 0) is 32.7 Å². The van der Waals surface area contributed by atoms with E-state index in [-0.39, 0.29) is 12.4 Å². The highest BCUT2D eigenvalue weighted by atomic mass is 16.5. The number of rotatable bonds is 5. The van der Waals surface area contributed by atoms with E-state index < -0.39 is 0 Å². The highest BCUT2D eigenvalue weighted by Crippen LogP contribution is 2.09. The molecular weight excluding hydrogens is 166 g/mol. The maximum absolute atomic E-state index is 10.6. The van der Waals surface area contributed by atoms with Crippen molar-refractivity contribution in [1.29, 1.82) is 0 Å². The van der Waals surface area contributed by atoms with Crippen molar-refractivity contribution in [3.05, 3.63) is 0 Å². The van der Waals surface area contributed by atoms with E-state index in [1.165, 1.54) is 19.3 Å². The standard InChI is InChI=1S/C10H19NO2/c1-9(12)8-13-7-5-10-4-2-3-6-11-10/h10-11H,2-8H2,1H3. The Morgan fingerprint density at radius 1 is 1.54 bits per heavy atom. The largest absolute Gasteiger partial charge is 0.374 e. The molecule has 0 aromatic rings. The minimum atomic E-state index is 0.108. The van der Waals surface area contributed by atoms with Gasteiger partial charge in [0, 0.05) is 12.6 Å². The van der Waals surface area contributed by atoms with Gasteiger partial charge in [-0.3, -0.25) is 4.79 Å². The summed E-state index contributed by atoms with van der Waals surface area (Å²) in [5.41, 5.74) is 0. The smallest absolute Gasteiger partial charge is 0.155 e. The Hall–Kier alpha value is -0.410. The van der Waals surface area contributed by atoms with Gasteiger partial charge in [0.1, 0.15) is 6.61 Å². The second-order valence-corrected chi connectivity index (χ2v) is 3.69. The summed E-state index contributed by atoms with van der Waals surface area (Å²) in [6.07, 6.45) is 4.91. The highest BCUT2D eigenvalue weighted by Gasteiger charge is 2.11. The second-order valence-electron chi connectivity index (χ2n) is 3.69. The molecule has 0 amide bonds. The van der Waals surface area contributed by atoms with Crippen LogP contribution in [-0.4, -0.2) is 31.6 Å². The number of carbonyl (C=O) groups excluding carboxylic acids is 1. The lowest BCUT2D eigenvalue weighted by Gasteiger charge is -2.23. The summed E-state index contributed by atoms with van der Waals surface area (Å²) in [6, 6.07) is 0.612. The first kappa shape index (κ1) is 10.7. The normalized spacial score (nSPS) is 23.0. The van der Waals surface area contributed by atoms with Crippen LogP contribution in [0.15, 0.2) is 0 Å². The number of carbonyl (C=O) groups is 1. The number of piperidine rings is 1. The Balaban J connectivity index is 1.95. The van der Waals surface area contributed by atoms with Crippen LogP contribution in [0.2, 0.25) is 0 Å². The molecule has 0 bridgehead atoms. The molecular formula is C10H19NO2. The van der Waals surface area contributed by atoms with Gasteiger partial charge in [-0.25, -0.2) is 0 Å². The van der Waals surface area contributed by atoms with Gasteiger partial charge in [0.05, 0.1) is 0 Å². The summed E-state index contributed by atoms with van der Waals surface area (Å²) >= 11 is 0. The minimum Gasteiger partial charge on any atom is -0.374 e. The molecule has 1 aliphatic heterocycles. The van der Waals surface area contributed by atoms with Gasteiger partial charge in [0.15, 0.2) is 5.78 Å². The van der Waals surface area contributed by atoms with Gasteiger partial charge in [0.25, 0.3) is 0 Å². The van der Waals surface area contributed by atoms with Gasteiger partial charge in [-0.15, -0.1) is 0 Å². The lowest BCUT2D eigenvalue weighted by molar-refractivity contribution is -0.121. The molecule has 0 saturated carbocycles. The van der Waals surface area contributed by atoms with E-state index in [4.69, 9.17) is 4.74 Å². The van der Waals surface area contributed by atoms with Crippen molar-refractivity contribution in [1.82, 2.24) is 5.32 Å². The molecule has 0 aromatic carbocycles. The third-order valence-corrected chi connectivity index (χ3v) is 2.33. The Kier molecular flexibility index (Phi) is 5.01.